The van der Waals surface area contributed by atoms with Crippen LogP contribution in [0.1, 0.15) is 51.0 Å². The monoisotopic (exact) mass is 349 g/mol. The van der Waals surface area contributed by atoms with Crippen molar-refractivity contribution in [3.05, 3.63) is 34.9 Å². The van der Waals surface area contributed by atoms with E-state index in [4.69, 9.17) is 16.3 Å². The summed E-state index contributed by atoms with van der Waals surface area (Å²) in [6.07, 6.45) is 5.37. The minimum absolute atomic E-state index is 0.0334. The molecule has 1 aromatic carbocycles. The third-order valence-corrected chi connectivity index (χ3v) is 5.51. The number of nitrogens with one attached hydrogen (secondary N) is 1. The molecule has 2 atom stereocenters. The molecule has 1 N–H and O–H groups in total. The van der Waals surface area contributed by atoms with Gasteiger partial charge in [-0.25, -0.2) is 0 Å². The van der Waals surface area contributed by atoms with Gasteiger partial charge >= 0.3 is 5.97 Å². The summed E-state index contributed by atoms with van der Waals surface area (Å²) in [6.45, 7) is 2.19. The van der Waals surface area contributed by atoms with Crippen molar-refractivity contribution in [2.24, 2.45) is 5.92 Å². The molecule has 0 bridgehead atoms. The number of amides is 1. The van der Waals surface area contributed by atoms with Gasteiger partial charge in [0.1, 0.15) is 0 Å². The molecular formula is C19H24ClNO3. The standard InChI is InChI=1S/C19H24ClNO3/c1-2-24-17(22)15-5-3-4-6-16(15)21-18(23)19(11-12-19)13-7-9-14(20)10-8-13/h7-10,15-16H,2-6,11-12H2,1H3,(H,21,23)/t15-,16+/m1/s1. The Morgan fingerprint density at radius 2 is 1.88 bits per heavy atom. The summed E-state index contributed by atoms with van der Waals surface area (Å²) in [7, 11) is 0. The zero-order valence-electron chi connectivity index (χ0n) is 14.0. The van der Waals surface area contributed by atoms with E-state index in [9.17, 15) is 9.59 Å². The van der Waals surface area contributed by atoms with Crippen LogP contribution in [0.2, 0.25) is 5.02 Å². The molecule has 3 rings (SSSR count). The lowest BCUT2D eigenvalue weighted by Gasteiger charge is -2.32. The number of halogens is 1. The number of carbonyl (C=O) groups excluding carboxylic acids is 2. The first-order valence-electron chi connectivity index (χ1n) is 8.80. The van der Waals surface area contributed by atoms with E-state index >= 15 is 0 Å². The summed E-state index contributed by atoms with van der Waals surface area (Å²) in [5, 5.41) is 3.82. The highest BCUT2D eigenvalue weighted by molar-refractivity contribution is 6.30. The third-order valence-electron chi connectivity index (χ3n) is 5.25. The predicted molar refractivity (Wildman–Crippen MR) is 92.9 cm³/mol. The van der Waals surface area contributed by atoms with Crippen molar-refractivity contribution in [1.82, 2.24) is 5.32 Å². The molecule has 2 aliphatic rings. The molecule has 0 spiro atoms. The first-order chi connectivity index (χ1) is 11.6. The van der Waals surface area contributed by atoms with E-state index in [0.717, 1.165) is 44.1 Å². The molecule has 0 radical (unpaired) electrons. The molecule has 2 fully saturated rings. The average Bonchev–Trinajstić information content (AvgIpc) is 3.38. The smallest absolute Gasteiger partial charge is 0.311 e. The van der Waals surface area contributed by atoms with Gasteiger partial charge in [0.05, 0.1) is 17.9 Å². The van der Waals surface area contributed by atoms with E-state index < -0.39 is 5.41 Å². The van der Waals surface area contributed by atoms with E-state index in [0.29, 0.717) is 11.6 Å². The quantitative estimate of drug-likeness (QED) is 0.826. The maximum absolute atomic E-state index is 12.9. The molecule has 2 saturated carbocycles. The molecule has 0 heterocycles. The van der Waals surface area contributed by atoms with Crippen LogP contribution in [0.5, 0.6) is 0 Å². The Bertz CT molecular complexity index is 610. The molecule has 1 aromatic rings. The van der Waals surface area contributed by atoms with E-state index in [1.807, 2.05) is 31.2 Å². The highest BCUT2D eigenvalue weighted by Crippen LogP contribution is 2.49. The highest BCUT2D eigenvalue weighted by atomic mass is 35.5. The van der Waals surface area contributed by atoms with Crippen molar-refractivity contribution in [3.8, 4) is 0 Å². The molecule has 1 amide bonds. The van der Waals surface area contributed by atoms with E-state index in [1.165, 1.54) is 0 Å². The molecule has 130 valence electrons. The summed E-state index contributed by atoms with van der Waals surface area (Å²) in [4.78, 5) is 25.1. The predicted octanol–water partition coefficient (Wildman–Crippen LogP) is 3.61. The number of carbonyl (C=O) groups is 2. The fourth-order valence-electron chi connectivity index (χ4n) is 3.68. The second-order valence-corrected chi connectivity index (χ2v) is 7.25. The third kappa shape index (κ3) is 3.44. The molecule has 0 aromatic heterocycles. The Kier molecular flexibility index (Phi) is 5.14. The maximum Gasteiger partial charge on any atom is 0.311 e. The lowest BCUT2D eigenvalue weighted by atomic mass is 9.83. The summed E-state index contributed by atoms with van der Waals surface area (Å²) < 4.78 is 5.19. The lowest BCUT2D eigenvalue weighted by Crippen LogP contribution is -2.48. The van der Waals surface area contributed by atoms with Crippen molar-refractivity contribution in [1.29, 1.82) is 0 Å². The number of hydrogen-bond acceptors (Lipinski definition) is 3. The fourth-order valence-corrected chi connectivity index (χ4v) is 3.81. The molecule has 24 heavy (non-hydrogen) atoms. The van der Waals surface area contributed by atoms with Gasteiger partial charge in [0.25, 0.3) is 0 Å². The molecule has 4 nitrogen and oxygen atoms in total. The van der Waals surface area contributed by atoms with E-state index in [-0.39, 0.29) is 23.8 Å². The largest absolute Gasteiger partial charge is 0.466 e. The fraction of sp³-hybridized carbons (Fsp3) is 0.579. The van der Waals surface area contributed by atoms with Crippen LogP contribution in [-0.4, -0.2) is 24.5 Å². The zero-order valence-corrected chi connectivity index (χ0v) is 14.8. The minimum atomic E-state index is -0.443. The van der Waals surface area contributed by atoms with Crippen molar-refractivity contribution < 1.29 is 14.3 Å². The van der Waals surface area contributed by atoms with Crippen LogP contribution in [0, 0.1) is 5.92 Å². The second-order valence-electron chi connectivity index (χ2n) is 6.81. The van der Waals surface area contributed by atoms with Crippen molar-refractivity contribution >= 4 is 23.5 Å². The first-order valence-corrected chi connectivity index (χ1v) is 9.18. The van der Waals surface area contributed by atoms with Crippen molar-refractivity contribution in [2.45, 2.75) is 56.9 Å². The Morgan fingerprint density at radius 1 is 1.21 bits per heavy atom. The van der Waals surface area contributed by atoms with Crippen LogP contribution >= 0.6 is 11.6 Å². The molecule has 0 aliphatic heterocycles. The van der Waals surface area contributed by atoms with Crippen molar-refractivity contribution in [3.63, 3.8) is 0 Å². The lowest BCUT2D eigenvalue weighted by molar-refractivity contribution is -0.150. The summed E-state index contributed by atoms with van der Waals surface area (Å²) in [6, 6.07) is 7.39. The van der Waals surface area contributed by atoms with Gasteiger partial charge in [0, 0.05) is 11.1 Å². The Hall–Kier alpha value is -1.55. The number of ether oxygens (including phenoxy) is 1. The van der Waals surface area contributed by atoms with Crippen LogP contribution < -0.4 is 5.32 Å². The maximum atomic E-state index is 12.9. The van der Waals surface area contributed by atoms with E-state index in [2.05, 4.69) is 5.32 Å². The Labute approximate surface area is 147 Å². The highest BCUT2D eigenvalue weighted by Gasteiger charge is 2.52. The van der Waals surface area contributed by atoms with Gasteiger partial charge in [0.2, 0.25) is 5.91 Å². The number of benzene rings is 1. The summed E-state index contributed by atoms with van der Waals surface area (Å²) in [5.41, 5.74) is 0.564. The molecular weight excluding hydrogens is 326 g/mol. The number of rotatable bonds is 5. The second kappa shape index (κ2) is 7.14. The zero-order chi connectivity index (χ0) is 17.2. The van der Waals surface area contributed by atoms with Gasteiger partial charge in [-0.15, -0.1) is 0 Å². The number of hydrogen-bond donors (Lipinski definition) is 1. The molecule has 2 aliphatic carbocycles. The van der Waals surface area contributed by atoms with E-state index in [1.54, 1.807) is 0 Å². The number of esters is 1. The van der Waals surface area contributed by atoms with Gasteiger partial charge in [-0.2, -0.15) is 0 Å². The molecule has 0 unspecified atom stereocenters. The Morgan fingerprint density at radius 3 is 2.50 bits per heavy atom. The van der Waals surface area contributed by atoms with Crippen LogP contribution in [0.4, 0.5) is 0 Å². The summed E-state index contributed by atoms with van der Waals surface area (Å²) >= 11 is 5.95. The average molecular weight is 350 g/mol. The SMILES string of the molecule is CCOC(=O)[C@@H]1CCCC[C@@H]1NC(=O)C1(c2ccc(Cl)cc2)CC1. The molecule has 0 saturated heterocycles. The first kappa shape index (κ1) is 17.3. The van der Waals surface area contributed by atoms with Crippen molar-refractivity contribution in [2.75, 3.05) is 6.61 Å². The van der Waals surface area contributed by atoms with Gasteiger partial charge in [-0.3, -0.25) is 9.59 Å². The topological polar surface area (TPSA) is 55.4 Å². The Balaban J connectivity index is 1.71. The van der Waals surface area contributed by atoms with Crippen LogP contribution in [-0.2, 0) is 19.7 Å². The van der Waals surface area contributed by atoms with Gasteiger partial charge in [0.15, 0.2) is 0 Å². The van der Waals surface area contributed by atoms with Crippen LogP contribution in [0.15, 0.2) is 24.3 Å². The van der Waals surface area contributed by atoms with Gasteiger partial charge in [-0.1, -0.05) is 36.6 Å². The summed E-state index contributed by atoms with van der Waals surface area (Å²) in [5.74, 6) is -0.367. The van der Waals surface area contributed by atoms with Crippen LogP contribution in [0.25, 0.3) is 0 Å². The van der Waals surface area contributed by atoms with Crippen LogP contribution in [0.3, 0.4) is 0 Å². The molecule has 5 heteroatoms. The van der Waals surface area contributed by atoms with Gasteiger partial charge in [-0.05, 0) is 50.3 Å². The normalized spacial score (nSPS) is 24.9. The van der Waals surface area contributed by atoms with Gasteiger partial charge < -0.3 is 10.1 Å². The minimum Gasteiger partial charge on any atom is -0.466 e.